The van der Waals surface area contributed by atoms with Gasteiger partial charge in [-0.2, -0.15) is 0 Å². The number of pyridine rings is 1. The van der Waals surface area contributed by atoms with Crippen molar-refractivity contribution in [3.05, 3.63) is 53.0 Å². The van der Waals surface area contributed by atoms with Gasteiger partial charge in [0.05, 0.1) is 11.9 Å². The summed E-state index contributed by atoms with van der Waals surface area (Å²) in [5.41, 5.74) is 7.89. The first-order chi connectivity index (χ1) is 8.97. The maximum Gasteiger partial charge on any atom is 0.257 e. The fraction of sp³-hybridized carbons (Fsp3) is 0.143. The summed E-state index contributed by atoms with van der Waals surface area (Å²) in [5.74, 6) is -0.239. The van der Waals surface area contributed by atoms with E-state index >= 15 is 0 Å². The van der Waals surface area contributed by atoms with Gasteiger partial charge in [0.2, 0.25) is 0 Å². The third-order valence-electron chi connectivity index (χ3n) is 2.76. The van der Waals surface area contributed by atoms with Crippen molar-refractivity contribution in [2.24, 2.45) is 0 Å². The second-order valence-electron chi connectivity index (χ2n) is 4.35. The highest BCUT2D eigenvalue weighted by Crippen LogP contribution is 2.16. The minimum Gasteiger partial charge on any atom is -0.397 e. The van der Waals surface area contributed by atoms with Gasteiger partial charge >= 0.3 is 0 Å². The summed E-state index contributed by atoms with van der Waals surface area (Å²) in [7, 11) is 0. The number of aryl methyl sites for hydroxylation is 2. The Hall–Kier alpha value is -2.43. The topological polar surface area (TPSA) is 68.0 Å². The number of aromatic nitrogens is 1. The van der Waals surface area contributed by atoms with Crippen LogP contribution in [0.3, 0.4) is 0 Å². The number of nitrogens with one attached hydrogen (secondary N) is 1. The van der Waals surface area contributed by atoms with Crippen LogP contribution in [-0.4, -0.2) is 10.9 Å². The number of amides is 1. The predicted octanol–water partition coefficient (Wildman–Crippen LogP) is 2.67. The average molecular weight is 259 g/mol. The van der Waals surface area contributed by atoms with Gasteiger partial charge in [0.25, 0.3) is 5.91 Å². The summed E-state index contributed by atoms with van der Waals surface area (Å²) in [6, 6.07) is 5.75. The molecule has 0 atom stereocenters. The van der Waals surface area contributed by atoms with E-state index in [1.807, 2.05) is 0 Å². The van der Waals surface area contributed by atoms with Gasteiger partial charge in [-0.3, -0.25) is 4.79 Å². The Morgan fingerprint density at radius 3 is 2.63 bits per heavy atom. The number of hydrogen-bond acceptors (Lipinski definition) is 3. The number of rotatable bonds is 2. The summed E-state index contributed by atoms with van der Waals surface area (Å²) in [4.78, 5) is 16.1. The number of anilines is 2. The van der Waals surface area contributed by atoms with Gasteiger partial charge in [0, 0.05) is 5.56 Å². The molecule has 0 saturated carbocycles. The Kier molecular flexibility index (Phi) is 3.46. The van der Waals surface area contributed by atoms with E-state index in [0.717, 1.165) is 5.56 Å². The van der Waals surface area contributed by atoms with E-state index in [1.54, 1.807) is 19.9 Å². The van der Waals surface area contributed by atoms with Crippen molar-refractivity contribution in [3.8, 4) is 0 Å². The largest absolute Gasteiger partial charge is 0.397 e. The monoisotopic (exact) mass is 259 g/mol. The van der Waals surface area contributed by atoms with Gasteiger partial charge in [-0.1, -0.05) is 0 Å². The second kappa shape index (κ2) is 5.06. The molecule has 5 heteroatoms. The smallest absolute Gasteiger partial charge is 0.257 e. The van der Waals surface area contributed by atoms with E-state index in [2.05, 4.69) is 10.3 Å². The molecule has 2 rings (SSSR count). The molecule has 1 aromatic carbocycles. The highest BCUT2D eigenvalue weighted by molar-refractivity contribution is 6.05. The molecule has 1 aromatic heterocycles. The molecular weight excluding hydrogens is 245 g/mol. The third kappa shape index (κ3) is 2.88. The highest BCUT2D eigenvalue weighted by Gasteiger charge is 2.11. The van der Waals surface area contributed by atoms with Gasteiger partial charge in [-0.15, -0.1) is 0 Å². The van der Waals surface area contributed by atoms with E-state index in [1.165, 1.54) is 24.4 Å². The van der Waals surface area contributed by atoms with Crippen LogP contribution in [0.15, 0.2) is 30.5 Å². The summed E-state index contributed by atoms with van der Waals surface area (Å²) in [6.07, 6.45) is 1.47. The Morgan fingerprint density at radius 1 is 1.26 bits per heavy atom. The first-order valence-electron chi connectivity index (χ1n) is 5.77. The first kappa shape index (κ1) is 13.0. The van der Waals surface area contributed by atoms with Crippen molar-refractivity contribution in [2.45, 2.75) is 13.8 Å². The number of nitrogens with zero attached hydrogens (tertiary/aromatic N) is 1. The van der Waals surface area contributed by atoms with Crippen LogP contribution in [-0.2, 0) is 0 Å². The zero-order valence-corrected chi connectivity index (χ0v) is 10.7. The van der Waals surface area contributed by atoms with Gasteiger partial charge in [0.1, 0.15) is 11.6 Å². The van der Waals surface area contributed by atoms with Crippen molar-refractivity contribution in [2.75, 3.05) is 11.1 Å². The molecule has 3 N–H and O–H groups in total. The molecule has 0 fully saturated rings. The van der Waals surface area contributed by atoms with Crippen LogP contribution in [0.2, 0.25) is 0 Å². The summed E-state index contributed by atoms with van der Waals surface area (Å²) < 4.78 is 13.0. The van der Waals surface area contributed by atoms with E-state index in [0.29, 0.717) is 22.6 Å². The van der Waals surface area contributed by atoms with Crippen LogP contribution in [0.1, 0.15) is 21.5 Å². The fourth-order valence-corrected chi connectivity index (χ4v) is 1.78. The zero-order valence-electron chi connectivity index (χ0n) is 10.7. The molecule has 19 heavy (non-hydrogen) atoms. The number of halogens is 1. The van der Waals surface area contributed by atoms with Crippen LogP contribution < -0.4 is 11.1 Å². The molecule has 2 aromatic rings. The standard InChI is InChI=1S/C14H14FN3O/c1-8-5-10(15)3-4-12(8)14(19)18-13-9(2)6-11(16)7-17-13/h3-7H,16H2,1-2H3,(H,17,18,19). The van der Waals surface area contributed by atoms with Crippen molar-refractivity contribution in [1.82, 2.24) is 4.98 Å². The van der Waals surface area contributed by atoms with E-state index in [-0.39, 0.29) is 11.7 Å². The van der Waals surface area contributed by atoms with E-state index in [9.17, 15) is 9.18 Å². The quantitative estimate of drug-likeness (QED) is 0.871. The predicted molar refractivity (Wildman–Crippen MR) is 72.5 cm³/mol. The molecule has 0 radical (unpaired) electrons. The molecule has 0 saturated heterocycles. The zero-order chi connectivity index (χ0) is 14.0. The molecule has 0 aliphatic heterocycles. The Morgan fingerprint density at radius 2 is 2.00 bits per heavy atom. The molecule has 1 heterocycles. The van der Waals surface area contributed by atoms with Crippen LogP contribution in [0, 0.1) is 19.7 Å². The van der Waals surface area contributed by atoms with Gasteiger partial charge < -0.3 is 11.1 Å². The normalized spacial score (nSPS) is 10.3. The third-order valence-corrected chi connectivity index (χ3v) is 2.76. The van der Waals surface area contributed by atoms with Crippen molar-refractivity contribution in [1.29, 1.82) is 0 Å². The molecule has 98 valence electrons. The SMILES string of the molecule is Cc1cc(F)ccc1C(=O)Nc1ncc(N)cc1C. The minimum absolute atomic E-state index is 0.321. The Bertz CT molecular complexity index is 641. The Balaban J connectivity index is 2.25. The van der Waals surface area contributed by atoms with Crippen LogP contribution in [0.4, 0.5) is 15.9 Å². The molecule has 0 aliphatic rings. The lowest BCUT2D eigenvalue weighted by molar-refractivity contribution is 0.102. The van der Waals surface area contributed by atoms with Gasteiger partial charge in [0.15, 0.2) is 0 Å². The summed E-state index contributed by atoms with van der Waals surface area (Å²) >= 11 is 0. The van der Waals surface area contributed by atoms with Gasteiger partial charge in [-0.05, 0) is 49.2 Å². The number of carbonyl (C=O) groups excluding carboxylic acids is 1. The number of nitrogens with two attached hydrogens (primary N) is 1. The van der Waals surface area contributed by atoms with Crippen molar-refractivity contribution >= 4 is 17.4 Å². The maximum absolute atomic E-state index is 13.0. The number of nitrogen functional groups attached to an aromatic ring is 1. The summed E-state index contributed by atoms with van der Waals surface area (Å²) in [6.45, 7) is 3.48. The lowest BCUT2D eigenvalue weighted by atomic mass is 10.1. The van der Waals surface area contributed by atoms with Crippen molar-refractivity contribution in [3.63, 3.8) is 0 Å². The van der Waals surface area contributed by atoms with Crippen LogP contribution in [0.5, 0.6) is 0 Å². The second-order valence-corrected chi connectivity index (χ2v) is 4.35. The minimum atomic E-state index is -0.365. The van der Waals surface area contributed by atoms with E-state index in [4.69, 9.17) is 5.73 Å². The Labute approximate surface area is 110 Å². The lowest BCUT2D eigenvalue weighted by Crippen LogP contribution is -2.15. The molecule has 0 bridgehead atoms. The van der Waals surface area contributed by atoms with Crippen LogP contribution >= 0.6 is 0 Å². The molecule has 4 nitrogen and oxygen atoms in total. The van der Waals surface area contributed by atoms with Crippen molar-refractivity contribution < 1.29 is 9.18 Å². The fourth-order valence-electron chi connectivity index (χ4n) is 1.78. The van der Waals surface area contributed by atoms with Crippen LogP contribution in [0.25, 0.3) is 0 Å². The molecule has 0 aliphatic carbocycles. The van der Waals surface area contributed by atoms with E-state index < -0.39 is 0 Å². The molecular formula is C14H14FN3O. The number of hydrogen-bond donors (Lipinski definition) is 2. The number of benzene rings is 1. The molecule has 1 amide bonds. The molecule has 0 spiro atoms. The van der Waals surface area contributed by atoms with Gasteiger partial charge in [-0.25, -0.2) is 9.37 Å². The maximum atomic E-state index is 13.0. The highest BCUT2D eigenvalue weighted by atomic mass is 19.1. The molecule has 0 unspecified atom stereocenters. The first-order valence-corrected chi connectivity index (χ1v) is 5.77. The number of carbonyl (C=O) groups is 1. The summed E-state index contributed by atoms with van der Waals surface area (Å²) in [5, 5.41) is 2.69. The average Bonchev–Trinajstić information content (AvgIpc) is 2.32. The lowest BCUT2D eigenvalue weighted by Gasteiger charge is -2.09.